The maximum Gasteiger partial charge on any atom is 0.249 e. The number of sulfone groups is 1. The Morgan fingerprint density at radius 1 is 1.14 bits per heavy atom. The minimum atomic E-state index is -3.53. The number of benzene rings is 2. The van der Waals surface area contributed by atoms with Gasteiger partial charge in [0.15, 0.2) is 14.6 Å². The first-order valence-electron chi connectivity index (χ1n) is 8.96. The van der Waals surface area contributed by atoms with Gasteiger partial charge in [0.1, 0.15) is 5.75 Å². The number of methoxy groups -OCH3 is 2. The first kappa shape index (κ1) is 21.2. The molecule has 0 unspecified atom stereocenters. The average Bonchev–Trinajstić information content (AvgIpc) is 3.07. The Hall–Kier alpha value is -2.49. The Bertz CT molecular complexity index is 1160. The fraction of sp³-hybridized carbons (Fsp3) is 0.300. The van der Waals surface area contributed by atoms with Gasteiger partial charge in [-0.1, -0.05) is 29.5 Å². The van der Waals surface area contributed by atoms with Crippen LogP contribution in [0.4, 0.5) is 0 Å². The molecular weight excluding hydrogens is 412 g/mol. The lowest BCUT2D eigenvalue weighted by atomic mass is 10.3. The van der Waals surface area contributed by atoms with E-state index in [0.29, 0.717) is 23.7 Å². The zero-order valence-corrected chi connectivity index (χ0v) is 17.8. The van der Waals surface area contributed by atoms with Gasteiger partial charge in [-0.2, -0.15) is 4.99 Å². The van der Waals surface area contributed by atoms with Crippen LogP contribution < -0.4 is 9.54 Å². The molecule has 154 valence electrons. The van der Waals surface area contributed by atoms with Crippen LogP contribution in [0.5, 0.6) is 5.75 Å². The van der Waals surface area contributed by atoms with Gasteiger partial charge in [0.25, 0.3) is 0 Å². The molecule has 0 fully saturated rings. The molecule has 3 aromatic rings. The number of hydrogen-bond donors (Lipinski definition) is 0. The van der Waals surface area contributed by atoms with Crippen molar-refractivity contribution in [1.29, 1.82) is 0 Å². The molecule has 0 bridgehead atoms. The van der Waals surface area contributed by atoms with Crippen molar-refractivity contribution < 1.29 is 22.7 Å². The highest BCUT2D eigenvalue weighted by molar-refractivity contribution is 7.91. The van der Waals surface area contributed by atoms with Crippen LogP contribution in [0.1, 0.15) is 6.42 Å². The largest absolute Gasteiger partial charge is 0.497 e. The van der Waals surface area contributed by atoms with Crippen molar-refractivity contribution in [2.45, 2.75) is 17.9 Å². The van der Waals surface area contributed by atoms with Gasteiger partial charge in [-0.05, 0) is 30.3 Å². The summed E-state index contributed by atoms with van der Waals surface area (Å²) < 4.78 is 38.0. The summed E-state index contributed by atoms with van der Waals surface area (Å²) in [5.41, 5.74) is 0.913. The molecule has 29 heavy (non-hydrogen) atoms. The molecule has 1 amide bonds. The third kappa shape index (κ3) is 5.11. The number of nitrogens with zero attached hydrogens (tertiary/aromatic N) is 2. The number of aromatic nitrogens is 1. The molecule has 1 heterocycles. The molecule has 0 aliphatic carbocycles. The standard InChI is InChI=1S/C20H22N2O5S2/c1-26-12-11-22-17-9-8-15(27-2)14-18(17)28-20(22)21-19(23)10-13-29(24,25)16-6-4-3-5-7-16/h3-9,14H,10-13H2,1-2H3. The van der Waals surface area contributed by atoms with Gasteiger partial charge in [0, 0.05) is 20.1 Å². The Morgan fingerprint density at radius 2 is 1.90 bits per heavy atom. The maximum atomic E-state index is 12.4. The van der Waals surface area contributed by atoms with Gasteiger partial charge in [-0.15, -0.1) is 0 Å². The van der Waals surface area contributed by atoms with E-state index in [2.05, 4.69) is 4.99 Å². The molecule has 0 aliphatic heterocycles. The number of rotatable bonds is 8. The Balaban J connectivity index is 1.87. The topological polar surface area (TPSA) is 87.0 Å². The highest BCUT2D eigenvalue weighted by Gasteiger charge is 2.16. The second-order valence-corrected chi connectivity index (χ2v) is 9.37. The number of ether oxygens (including phenoxy) is 2. The van der Waals surface area contributed by atoms with Crippen molar-refractivity contribution >= 4 is 37.3 Å². The summed E-state index contributed by atoms with van der Waals surface area (Å²) in [5.74, 6) is -0.0467. The van der Waals surface area contributed by atoms with Crippen LogP contribution in [-0.4, -0.2) is 45.5 Å². The van der Waals surface area contributed by atoms with E-state index >= 15 is 0 Å². The molecule has 0 radical (unpaired) electrons. The predicted octanol–water partition coefficient (Wildman–Crippen LogP) is 2.65. The number of amides is 1. The predicted molar refractivity (Wildman–Crippen MR) is 112 cm³/mol. The molecule has 3 rings (SSSR count). The van der Waals surface area contributed by atoms with Gasteiger partial charge >= 0.3 is 0 Å². The van der Waals surface area contributed by atoms with Crippen LogP contribution in [0.2, 0.25) is 0 Å². The number of hydrogen-bond acceptors (Lipinski definition) is 6. The first-order valence-corrected chi connectivity index (χ1v) is 11.4. The van der Waals surface area contributed by atoms with Crippen LogP contribution in [0.25, 0.3) is 10.2 Å². The van der Waals surface area contributed by atoms with E-state index in [1.165, 1.54) is 23.5 Å². The molecular formula is C20H22N2O5S2. The maximum absolute atomic E-state index is 12.4. The molecule has 9 heteroatoms. The van der Waals surface area contributed by atoms with Crippen molar-refractivity contribution in [2.24, 2.45) is 4.99 Å². The number of thiazole rings is 1. The molecule has 0 atom stereocenters. The molecule has 1 aromatic heterocycles. The minimum absolute atomic E-state index is 0.181. The van der Waals surface area contributed by atoms with Crippen molar-refractivity contribution in [3.05, 3.63) is 53.3 Å². The number of fused-ring (bicyclic) bond motifs is 1. The summed E-state index contributed by atoms with van der Waals surface area (Å²) >= 11 is 1.35. The van der Waals surface area contributed by atoms with E-state index in [4.69, 9.17) is 9.47 Å². The summed E-state index contributed by atoms with van der Waals surface area (Å²) in [5, 5.41) is 0. The number of carbonyl (C=O) groups is 1. The summed E-state index contributed by atoms with van der Waals surface area (Å²) in [7, 11) is -0.328. The second kappa shape index (κ2) is 9.34. The van der Waals surface area contributed by atoms with E-state index in [9.17, 15) is 13.2 Å². The van der Waals surface area contributed by atoms with E-state index in [1.807, 2.05) is 22.8 Å². The third-order valence-corrected chi connectivity index (χ3v) is 7.09. The van der Waals surface area contributed by atoms with Crippen LogP contribution >= 0.6 is 11.3 Å². The smallest absolute Gasteiger partial charge is 0.249 e. The lowest BCUT2D eigenvalue weighted by Gasteiger charge is -2.05. The molecule has 0 saturated carbocycles. The Kier molecular flexibility index (Phi) is 6.83. The van der Waals surface area contributed by atoms with Crippen LogP contribution in [-0.2, 0) is 25.9 Å². The van der Waals surface area contributed by atoms with Gasteiger partial charge < -0.3 is 14.0 Å². The molecule has 0 saturated heterocycles. The lowest BCUT2D eigenvalue weighted by Crippen LogP contribution is -2.20. The monoisotopic (exact) mass is 434 g/mol. The summed E-state index contributed by atoms with van der Waals surface area (Å²) in [4.78, 5) is 17.3. The van der Waals surface area contributed by atoms with E-state index in [-0.39, 0.29) is 17.1 Å². The van der Waals surface area contributed by atoms with E-state index in [1.54, 1.807) is 32.4 Å². The third-order valence-electron chi connectivity index (χ3n) is 4.32. The van der Waals surface area contributed by atoms with Gasteiger partial charge in [0.2, 0.25) is 5.91 Å². The van der Waals surface area contributed by atoms with Gasteiger partial charge in [-0.3, -0.25) is 4.79 Å². The molecule has 2 aromatic carbocycles. The molecule has 0 spiro atoms. The molecule has 7 nitrogen and oxygen atoms in total. The highest BCUT2D eigenvalue weighted by Crippen LogP contribution is 2.23. The fourth-order valence-electron chi connectivity index (χ4n) is 2.79. The van der Waals surface area contributed by atoms with Crippen LogP contribution in [0.15, 0.2) is 58.4 Å². The van der Waals surface area contributed by atoms with Gasteiger partial charge in [0.05, 0.1) is 34.6 Å². The fourth-order valence-corrected chi connectivity index (χ4v) is 5.15. The zero-order chi connectivity index (χ0) is 20.9. The Labute approximate surface area is 173 Å². The second-order valence-electron chi connectivity index (χ2n) is 6.25. The highest BCUT2D eigenvalue weighted by atomic mass is 32.2. The van der Waals surface area contributed by atoms with Gasteiger partial charge in [-0.25, -0.2) is 8.42 Å². The molecule has 0 N–H and O–H groups in total. The SMILES string of the molecule is COCCn1c(=NC(=O)CCS(=O)(=O)c2ccccc2)sc2cc(OC)ccc21. The molecule has 0 aliphatic rings. The van der Waals surface area contributed by atoms with Crippen LogP contribution in [0.3, 0.4) is 0 Å². The van der Waals surface area contributed by atoms with Crippen LogP contribution in [0, 0.1) is 0 Å². The van der Waals surface area contributed by atoms with Crippen molar-refractivity contribution in [3.63, 3.8) is 0 Å². The van der Waals surface area contributed by atoms with E-state index < -0.39 is 15.7 Å². The minimum Gasteiger partial charge on any atom is -0.497 e. The lowest BCUT2D eigenvalue weighted by molar-refractivity contribution is -0.117. The summed E-state index contributed by atoms with van der Waals surface area (Å²) in [6.07, 6.45) is -0.181. The normalized spacial score (nSPS) is 12.4. The summed E-state index contributed by atoms with van der Waals surface area (Å²) in [6, 6.07) is 13.7. The average molecular weight is 435 g/mol. The van der Waals surface area contributed by atoms with Crippen molar-refractivity contribution in [1.82, 2.24) is 4.57 Å². The first-order chi connectivity index (χ1) is 13.9. The zero-order valence-electron chi connectivity index (χ0n) is 16.2. The Morgan fingerprint density at radius 3 is 2.59 bits per heavy atom. The van der Waals surface area contributed by atoms with E-state index in [0.717, 1.165) is 10.2 Å². The van der Waals surface area contributed by atoms with Crippen molar-refractivity contribution in [3.8, 4) is 5.75 Å². The quantitative estimate of drug-likeness (QED) is 0.544. The number of carbonyl (C=O) groups excluding carboxylic acids is 1. The van der Waals surface area contributed by atoms with Crippen molar-refractivity contribution in [2.75, 3.05) is 26.6 Å². The summed E-state index contributed by atoms with van der Waals surface area (Å²) in [6.45, 7) is 0.985.